The zero-order chi connectivity index (χ0) is 15.6. The lowest BCUT2D eigenvalue weighted by Gasteiger charge is -2.33. The quantitative estimate of drug-likeness (QED) is 0.801. The fourth-order valence-corrected chi connectivity index (χ4v) is 3.38. The first kappa shape index (κ1) is 16.9. The standard InChI is InChI=1S/C15H18Cl2F3N/c16-12-5-6-13(17)10(7-12)8-14(21)9-1-3-11(4-2-9)15(18,19)20/h5-7,9,11,14H,1-4,8,21H2. The van der Waals surface area contributed by atoms with Crippen LogP contribution in [-0.2, 0) is 6.42 Å². The van der Waals surface area contributed by atoms with Crippen molar-refractivity contribution in [1.29, 1.82) is 0 Å². The molecule has 1 fully saturated rings. The van der Waals surface area contributed by atoms with Crippen molar-refractivity contribution in [3.63, 3.8) is 0 Å². The summed E-state index contributed by atoms with van der Waals surface area (Å²) in [5.74, 6) is -1.06. The van der Waals surface area contributed by atoms with Gasteiger partial charge < -0.3 is 5.73 Å². The highest BCUT2D eigenvalue weighted by Gasteiger charge is 2.42. The van der Waals surface area contributed by atoms with Crippen molar-refractivity contribution in [2.75, 3.05) is 0 Å². The Labute approximate surface area is 132 Å². The predicted octanol–water partition coefficient (Wildman–Crippen LogP) is 5.23. The smallest absolute Gasteiger partial charge is 0.327 e. The lowest BCUT2D eigenvalue weighted by Crippen LogP contribution is -2.37. The molecular weight excluding hydrogens is 322 g/mol. The molecular formula is C15H18Cl2F3N. The molecule has 0 spiro atoms. The molecule has 1 atom stereocenters. The van der Waals surface area contributed by atoms with E-state index in [0.717, 1.165) is 5.56 Å². The molecule has 6 heteroatoms. The number of rotatable bonds is 3. The first-order valence-corrected chi connectivity index (χ1v) is 7.79. The maximum atomic E-state index is 12.7. The van der Waals surface area contributed by atoms with Crippen LogP contribution < -0.4 is 5.73 Å². The summed E-state index contributed by atoms with van der Waals surface area (Å²) < 4.78 is 38.0. The van der Waals surface area contributed by atoms with Crippen LogP contribution in [0.25, 0.3) is 0 Å². The van der Waals surface area contributed by atoms with Crippen LogP contribution in [0.15, 0.2) is 18.2 Å². The average molecular weight is 340 g/mol. The van der Waals surface area contributed by atoms with Gasteiger partial charge in [-0.25, -0.2) is 0 Å². The van der Waals surface area contributed by atoms with E-state index in [0.29, 0.717) is 29.3 Å². The molecule has 118 valence electrons. The van der Waals surface area contributed by atoms with Crippen molar-refractivity contribution in [2.45, 2.75) is 44.3 Å². The molecule has 1 nitrogen and oxygen atoms in total. The van der Waals surface area contributed by atoms with Gasteiger partial charge in [0.25, 0.3) is 0 Å². The lowest BCUT2D eigenvalue weighted by atomic mass is 9.77. The molecule has 0 heterocycles. The molecule has 21 heavy (non-hydrogen) atoms. The number of hydrogen-bond donors (Lipinski definition) is 1. The van der Waals surface area contributed by atoms with Gasteiger partial charge in [0.1, 0.15) is 0 Å². The van der Waals surface area contributed by atoms with Crippen LogP contribution >= 0.6 is 23.2 Å². The zero-order valence-electron chi connectivity index (χ0n) is 11.5. The molecule has 0 saturated heterocycles. The van der Waals surface area contributed by atoms with E-state index in [9.17, 15) is 13.2 Å². The summed E-state index contributed by atoms with van der Waals surface area (Å²) in [6.07, 6.45) is -2.16. The third-order valence-electron chi connectivity index (χ3n) is 4.30. The van der Waals surface area contributed by atoms with Crippen LogP contribution in [0.3, 0.4) is 0 Å². The molecule has 2 N–H and O–H groups in total. The highest BCUT2D eigenvalue weighted by atomic mass is 35.5. The Balaban J connectivity index is 1.93. The summed E-state index contributed by atoms with van der Waals surface area (Å²) in [4.78, 5) is 0. The fourth-order valence-electron chi connectivity index (χ4n) is 3.00. The van der Waals surface area contributed by atoms with Crippen LogP contribution in [0.1, 0.15) is 31.2 Å². The van der Waals surface area contributed by atoms with E-state index >= 15 is 0 Å². The second-order valence-corrected chi connectivity index (χ2v) is 6.60. The molecule has 1 aromatic carbocycles. The van der Waals surface area contributed by atoms with Crippen LogP contribution in [0.2, 0.25) is 10.0 Å². The van der Waals surface area contributed by atoms with Crippen molar-refractivity contribution >= 4 is 23.2 Å². The van der Waals surface area contributed by atoms with Crippen LogP contribution in [-0.4, -0.2) is 12.2 Å². The maximum absolute atomic E-state index is 12.7. The molecule has 0 bridgehead atoms. The minimum absolute atomic E-state index is 0.110. The first-order chi connectivity index (χ1) is 9.77. The highest BCUT2D eigenvalue weighted by Crippen LogP contribution is 2.40. The molecule has 0 radical (unpaired) electrons. The number of nitrogens with two attached hydrogens (primary N) is 1. The Kier molecular flexibility index (Phi) is 5.44. The Bertz CT molecular complexity index is 482. The van der Waals surface area contributed by atoms with Crippen LogP contribution in [0.5, 0.6) is 0 Å². The normalized spacial score (nSPS) is 24.9. The highest BCUT2D eigenvalue weighted by molar-refractivity contribution is 6.33. The van der Waals surface area contributed by atoms with Gasteiger partial charge in [0.2, 0.25) is 0 Å². The molecule has 1 aliphatic rings. The Morgan fingerprint density at radius 2 is 1.76 bits per heavy atom. The number of benzene rings is 1. The molecule has 0 aliphatic heterocycles. The third kappa shape index (κ3) is 4.51. The predicted molar refractivity (Wildman–Crippen MR) is 79.6 cm³/mol. The largest absolute Gasteiger partial charge is 0.391 e. The summed E-state index contributed by atoms with van der Waals surface area (Å²) in [6.45, 7) is 0. The number of alkyl halides is 3. The van der Waals surface area contributed by atoms with Crippen LogP contribution in [0.4, 0.5) is 13.2 Å². The van der Waals surface area contributed by atoms with Crippen molar-refractivity contribution in [2.24, 2.45) is 17.6 Å². The van der Waals surface area contributed by atoms with Gasteiger partial charge in [-0.05, 0) is 61.8 Å². The summed E-state index contributed by atoms with van der Waals surface area (Å²) in [7, 11) is 0. The van der Waals surface area contributed by atoms with Crippen molar-refractivity contribution in [3.05, 3.63) is 33.8 Å². The molecule has 1 unspecified atom stereocenters. The van der Waals surface area contributed by atoms with E-state index in [4.69, 9.17) is 28.9 Å². The van der Waals surface area contributed by atoms with Gasteiger partial charge in [0.05, 0.1) is 5.92 Å². The van der Waals surface area contributed by atoms with Crippen molar-refractivity contribution in [3.8, 4) is 0 Å². The van der Waals surface area contributed by atoms with Gasteiger partial charge in [-0.15, -0.1) is 0 Å². The van der Waals surface area contributed by atoms with Gasteiger partial charge in [-0.1, -0.05) is 23.2 Å². The summed E-state index contributed by atoms with van der Waals surface area (Å²) >= 11 is 12.0. The van der Waals surface area contributed by atoms with E-state index in [1.54, 1.807) is 18.2 Å². The van der Waals surface area contributed by atoms with E-state index in [1.807, 2.05) is 0 Å². The van der Waals surface area contributed by atoms with E-state index in [-0.39, 0.29) is 24.8 Å². The van der Waals surface area contributed by atoms with Gasteiger partial charge in [0.15, 0.2) is 0 Å². The average Bonchev–Trinajstić information content (AvgIpc) is 2.42. The summed E-state index contributed by atoms with van der Waals surface area (Å²) in [5.41, 5.74) is 7.03. The van der Waals surface area contributed by atoms with Gasteiger partial charge in [0, 0.05) is 16.1 Å². The summed E-state index contributed by atoms with van der Waals surface area (Å²) in [6, 6.07) is 5.00. The Morgan fingerprint density at radius 1 is 1.14 bits per heavy atom. The third-order valence-corrected chi connectivity index (χ3v) is 4.91. The molecule has 1 saturated carbocycles. The SMILES string of the molecule is NC(Cc1cc(Cl)ccc1Cl)C1CCC(C(F)(F)F)CC1. The van der Waals surface area contributed by atoms with Crippen LogP contribution in [0, 0.1) is 11.8 Å². The van der Waals surface area contributed by atoms with E-state index < -0.39 is 12.1 Å². The molecule has 0 aromatic heterocycles. The maximum Gasteiger partial charge on any atom is 0.391 e. The van der Waals surface area contributed by atoms with Gasteiger partial charge in [-0.2, -0.15) is 13.2 Å². The minimum Gasteiger partial charge on any atom is -0.327 e. The topological polar surface area (TPSA) is 26.0 Å². The Hall–Kier alpha value is -0.450. The molecule has 1 aromatic rings. The summed E-state index contributed by atoms with van der Waals surface area (Å²) in [5, 5.41) is 1.18. The van der Waals surface area contributed by atoms with Gasteiger partial charge >= 0.3 is 6.18 Å². The number of halogens is 5. The van der Waals surface area contributed by atoms with Crippen molar-refractivity contribution < 1.29 is 13.2 Å². The zero-order valence-corrected chi connectivity index (χ0v) is 13.0. The van der Waals surface area contributed by atoms with E-state index in [2.05, 4.69) is 0 Å². The second-order valence-electron chi connectivity index (χ2n) is 5.76. The first-order valence-electron chi connectivity index (χ1n) is 7.03. The minimum atomic E-state index is -4.08. The molecule has 2 rings (SSSR count). The molecule has 1 aliphatic carbocycles. The Morgan fingerprint density at radius 3 is 2.33 bits per heavy atom. The van der Waals surface area contributed by atoms with Crippen molar-refractivity contribution in [1.82, 2.24) is 0 Å². The van der Waals surface area contributed by atoms with Gasteiger partial charge in [-0.3, -0.25) is 0 Å². The van der Waals surface area contributed by atoms with E-state index in [1.165, 1.54) is 0 Å². The monoisotopic (exact) mass is 339 g/mol. The lowest BCUT2D eigenvalue weighted by molar-refractivity contribution is -0.184. The fraction of sp³-hybridized carbons (Fsp3) is 0.600. The molecule has 0 amide bonds. The number of hydrogen-bond acceptors (Lipinski definition) is 1. The second kappa shape index (κ2) is 6.76.